The molecule has 0 unspecified atom stereocenters. The maximum absolute atomic E-state index is 11.9. The first-order valence-electron chi connectivity index (χ1n) is 8.67. The minimum atomic E-state index is -0.367. The third-order valence-corrected chi connectivity index (χ3v) is 3.98. The second-order valence-corrected chi connectivity index (χ2v) is 6.28. The number of hydrogen-bond donors (Lipinski definition) is 1. The van der Waals surface area contributed by atoms with Crippen molar-refractivity contribution in [1.82, 2.24) is 5.43 Å². The number of nitrogens with zero attached hydrogens (tertiary/aromatic N) is 1. The van der Waals surface area contributed by atoms with Gasteiger partial charge >= 0.3 is 0 Å². The molecule has 0 bridgehead atoms. The van der Waals surface area contributed by atoms with Gasteiger partial charge < -0.3 is 9.47 Å². The zero-order valence-corrected chi connectivity index (χ0v) is 15.8. The smallest absolute Gasteiger partial charge is 0.277 e. The average molecular weight is 395 g/mol. The van der Waals surface area contributed by atoms with E-state index in [9.17, 15) is 4.79 Å². The molecule has 0 atom stereocenters. The van der Waals surface area contributed by atoms with Crippen molar-refractivity contribution in [2.24, 2.45) is 5.10 Å². The molecule has 0 aromatic heterocycles. The highest BCUT2D eigenvalue weighted by atomic mass is 35.5. The van der Waals surface area contributed by atoms with Crippen LogP contribution in [0.3, 0.4) is 0 Å². The molecule has 28 heavy (non-hydrogen) atoms. The van der Waals surface area contributed by atoms with Crippen molar-refractivity contribution in [2.45, 2.75) is 6.61 Å². The van der Waals surface area contributed by atoms with E-state index >= 15 is 0 Å². The molecule has 142 valence electrons. The molecular weight excluding hydrogens is 376 g/mol. The van der Waals surface area contributed by atoms with E-state index in [1.807, 2.05) is 54.6 Å². The third-order valence-electron chi connectivity index (χ3n) is 3.73. The number of hydrogen-bond acceptors (Lipinski definition) is 4. The molecule has 1 N–H and O–H groups in total. The Morgan fingerprint density at radius 2 is 1.64 bits per heavy atom. The lowest BCUT2D eigenvalue weighted by atomic mass is 10.2. The summed E-state index contributed by atoms with van der Waals surface area (Å²) in [7, 11) is 0. The number of carbonyl (C=O) groups excluding carboxylic acids is 1. The molecule has 0 radical (unpaired) electrons. The van der Waals surface area contributed by atoms with Gasteiger partial charge in [-0.1, -0.05) is 54.1 Å². The van der Waals surface area contributed by atoms with E-state index in [1.165, 1.54) is 0 Å². The van der Waals surface area contributed by atoms with Gasteiger partial charge in [0, 0.05) is 10.6 Å². The van der Waals surface area contributed by atoms with Crippen molar-refractivity contribution in [3.05, 3.63) is 95.0 Å². The lowest BCUT2D eigenvalue weighted by Crippen LogP contribution is -2.24. The summed E-state index contributed by atoms with van der Waals surface area (Å²) >= 11 is 5.81. The fourth-order valence-corrected chi connectivity index (χ4v) is 2.47. The summed E-state index contributed by atoms with van der Waals surface area (Å²) in [6, 6.07) is 24.1. The van der Waals surface area contributed by atoms with Crippen LogP contribution in [0.25, 0.3) is 0 Å². The van der Waals surface area contributed by atoms with Gasteiger partial charge in [-0.05, 0) is 42.0 Å². The number of hydrazone groups is 1. The normalized spacial score (nSPS) is 10.6. The molecule has 5 nitrogen and oxygen atoms in total. The van der Waals surface area contributed by atoms with Gasteiger partial charge in [0.05, 0.1) is 6.21 Å². The zero-order chi connectivity index (χ0) is 19.6. The molecule has 0 heterocycles. The standard InChI is InChI=1S/C22H19ClN2O3/c23-19-10-12-20(13-11-19)27-16-22(26)25-24-14-18-8-4-5-9-21(18)28-15-17-6-2-1-3-7-17/h1-14H,15-16H2,(H,25,26)/b24-14+. The molecule has 0 fully saturated rings. The van der Waals surface area contributed by atoms with E-state index in [-0.39, 0.29) is 12.5 Å². The van der Waals surface area contributed by atoms with Gasteiger partial charge in [-0.25, -0.2) is 5.43 Å². The molecule has 0 aliphatic carbocycles. The van der Waals surface area contributed by atoms with Crippen molar-refractivity contribution in [3.8, 4) is 11.5 Å². The minimum Gasteiger partial charge on any atom is -0.488 e. The Morgan fingerprint density at radius 1 is 0.929 bits per heavy atom. The number of rotatable bonds is 8. The number of nitrogens with one attached hydrogen (secondary N) is 1. The Labute approximate surface area is 168 Å². The van der Waals surface area contributed by atoms with Gasteiger partial charge in [0.25, 0.3) is 5.91 Å². The van der Waals surface area contributed by atoms with E-state index in [0.29, 0.717) is 23.1 Å². The molecule has 0 aliphatic rings. The zero-order valence-electron chi connectivity index (χ0n) is 15.0. The van der Waals surface area contributed by atoms with E-state index < -0.39 is 0 Å². The number of halogens is 1. The van der Waals surface area contributed by atoms with Gasteiger partial charge in [0.15, 0.2) is 6.61 Å². The summed E-state index contributed by atoms with van der Waals surface area (Å²) in [4.78, 5) is 11.9. The van der Waals surface area contributed by atoms with Crippen molar-refractivity contribution in [1.29, 1.82) is 0 Å². The third kappa shape index (κ3) is 6.14. The molecular formula is C22H19ClN2O3. The van der Waals surface area contributed by atoms with Crippen LogP contribution in [-0.2, 0) is 11.4 Å². The van der Waals surface area contributed by atoms with Gasteiger partial charge in [-0.3, -0.25) is 4.79 Å². The van der Waals surface area contributed by atoms with Crippen molar-refractivity contribution in [3.63, 3.8) is 0 Å². The number of amides is 1. The fraction of sp³-hybridized carbons (Fsp3) is 0.0909. The first-order valence-corrected chi connectivity index (χ1v) is 9.04. The largest absolute Gasteiger partial charge is 0.488 e. The summed E-state index contributed by atoms with van der Waals surface area (Å²) in [5, 5.41) is 4.58. The van der Waals surface area contributed by atoms with Gasteiger partial charge in [0.1, 0.15) is 18.1 Å². The quantitative estimate of drug-likeness (QED) is 0.453. The highest BCUT2D eigenvalue weighted by Gasteiger charge is 2.03. The summed E-state index contributed by atoms with van der Waals surface area (Å²) in [6.07, 6.45) is 1.54. The average Bonchev–Trinajstić information content (AvgIpc) is 2.73. The van der Waals surface area contributed by atoms with Crippen molar-refractivity contribution >= 4 is 23.7 Å². The highest BCUT2D eigenvalue weighted by molar-refractivity contribution is 6.30. The number of carbonyl (C=O) groups is 1. The van der Waals surface area contributed by atoms with Crippen molar-refractivity contribution < 1.29 is 14.3 Å². The first kappa shape index (κ1) is 19.5. The molecule has 0 aliphatic heterocycles. The Kier molecular flexibility index (Phi) is 7.04. The maximum atomic E-state index is 11.9. The Bertz CT molecular complexity index is 928. The molecule has 0 saturated carbocycles. The van der Waals surface area contributed by atoms with Crippen LogP contribution in [0, 0.1) is 0 Å². The SMILES string of the molecule is O=C(COc1ccc(Cl)cc1)N/N=C/c1ccccc1OCc1ccccc1. The van der Waals surface area contributed by atoms with Crippen LogP contribution in [0.2, 0.25) is 5.02 Å². The maximum Gasteiger partial charge on any atom is 0.277 e. The molecule has 0 saturated heterocycles. The number of ether oxygens (including phenoxy) is 2. The summed E-state index contributed by atoms with van der Waals surface area (Å²) in [5.74, 6) is 0.874. The molecule has 3 aromatic rings. The van der Waals surface area contributed by atoms with Crippen LogP contribution in [-0.4, -0.2) is 18.7 Å². The molecule has 3 aromatic carbocycles. The topological polar surface area (TPSA) is 59.9 Å². The molecule has 6 heteroatoms. The van der Waals surface area contributed by atoms with Crippen LogP contribution in [0.4, 0.5) is 0 Å². The van der Waals surface area contributed by atoms with E-state index in [4.69, 9.17) is 21.1 Å². The van der Waals surface area contributed by atoms with Crippen LogP contribution in [0.5, 0.6) is 11.5 Å². The second kappa shape index (κ2) is 10.1. The monoisotopic (exact) mass is 394 g/mol. The van der Waals surface area contributed by atoms with E-state index in [1.54, 1.807) is 30.5 Å². The molecule has 1 amide bonds. The minimum absolute atomic E-state index is 0.148. The Hall–Kier alpha value is -3.31. The van der Waals surface area contributed by atoms with Crippen LogP contribution >= 0.6 is 11.6 Å². The summed E-state index contributed by atoms with van der Waals surface area (Å²) < 4.78 is 11.2. The molecule has 0 spiro atoms. The molecule has 3 rings (SSSR count). The van der Waals surface area contributed by atoms with E-state index in [0.717, 1.165) is 11.1 Å². The predicted molar refractivity (Wildman–Crippen MR) is 110 cm³/mol. The number of benzene rings is 3. The van der Waals surface area contributed by atoms with Crippen LogP contribution in [0.15, 0.2) is 84.0 Å². The fourth-order valence-electron chi connectivity index (χ4n) is 2.34. The van der Waals surface area contributed by atoms with Crippen LogP contribution in [0.1, 0.15) is 11.1 Å². The Balaban J connectivity index is 1.50. The summed E-state index contributed by atoms with van der Waals surface area (Å²) in [5.41, 5.74) is 4.27. The van der Waals surface area contributed by atoms with E-state index in [2.05, 4.69) is 10.5 Å². The summed E-state index contributed by atoms with van der Waals surface area (Å²) in [6.45, 7) is 0.304. The lowest BCUT2D eigenvalue weighted by Gasteiger charge is -2.09. The predicted octanol–water partition coefficient (Wildman–Crippen LogP) is 4.45. The van der Waals surface area contributed by atoms with Gasteiger partial charge in [-0.15, -0.1) is 0 Å². The number of para-hydroxylation sites is 1. The second-order valence-electron chi connectivity index (χ2n) is 5.85. The van der Waals surface area contributed by atoms with Crippen molar-refractivity contribution in [2.75, 3.05) is 6.61 Å². The highest BCUT2D eigenvalue weighted by Crippen LogP contribution is 2.18. The van der Waals surface area contributed by atoms with Gasteiger partial charge in [-0.2, -0.15) is 5.10 Å². The Morgan fingerprint density at radius 3 is 2.43 bits per heavy atom. The van der Waals surface area contributed by atoms with Gasteiger partial charge in [0.2, 0.25) is 0 Å². The van der Waals surface area contributed by atoms with Crippen LogP contribution < -0.4 is 14.9 Å². The first-order chi connectivity index (χ1) is 13.7. The lowest BCUT2D eigenvalue weighted by molar-refractivity contribution is -0.123.